The zero-order valence-corrected chi connectivity index (χ0v) is 11.6. The summed E-state index contributed by atoms with van der Waals surface area (Å²) in [5, 5.41) is 9.19. The lowest BCUT2D eigenvalue weighted by molar-refractivity contribution is 0.415. The monoisotopic (exact) mass is 268 g/mol. The molecule has 0 fully saturated rings. The molecule has 0 aliphatic heterocycles. The van der Waals surface area contributed by atoms with Crippen molar-refractivity contribution in [3.8, 4) is 22.9 Å². The van der Waals surface area contributed by atoms with E-state index in [0.717, 1.165) is 29.8 Å². The molecule has 0 unspecified atom stereocenters. The van der Waals surface area contributed by atoms with Crippen molar-refractivity contribution in [3.05, 3.63) is 51.9 Å². The lowest BCUT2D eigenvalue weighted by atomic mass is 10.00. The van der Waals surface area contributed by atoms with Gasteiger partial charge >= 0.3 is 0 Å². The van der Waals surface area contributed by atoms with Crippen LogP contribution in [0.15, 0.2) is 35.1 Å². The van der Waals surface area contributed by atoms with Crippen molar-refractivity contribution in [2.75, 3.05) is 7.11 Å². The van der Waals surface area contributed by atoms with E-state index in [4.69, 9.17) is 4.74 Å². The topological polar surface area (TPSA) is 65.9 Å². The number of aryl methyl sites for hydroxylation is 1. The number of nitriles is 1. The Bertz CT molecular complexity index is 694. The number of benzene rings is 1. The molecule has 1 N–H and O–H groups in total. The van der Waals surface area contributed by atoms with Crippen LogP contribution in [-0.4, -0.2) is 12.1 Å². The number of nitrogens with zero attached hydrogens (tertiary/aromatic N) is 1. The van der Waals surface area contributed by atoms with Crippen LogP contribution < -0.4 is 10.3 Å². The number of methoxy groups -OCH3 is 1. The Morgan fingerprint density at radius 2 is 2.00 bits per heavy atom. The van der Waals surface area contributed by atoms with Crippen LogP contribution in [0, 0.1) is 11.3 Å². The fourth-order valence-electron chi connectivity index (χ4n) is 2.13. The van der Waals surface area contributed by atoms with Crippen molar-refractivity contribution in [1.82, 2.24) is 4.98 Å². The Balaban J connectivity index is 2.58. The minimum absolute atomic E-state index is 0.148. The van der Waals surface area contributed by atoms with Gasteiger partial charge in [-0.2, -0.15) is 5.26 Å². The summed E-state index contributed by atoms with van der Waals surface area (Å²) in [5.41, 5.74) is 2.18. The molecular weight excluding hydrogens is 252 g/mol. The number of H-pyrrole nitrogens is 1. The van der Waals surface area contributed by atoms with Crippen LogP contribution in [0.3, 0.4) is 0 Å². The van der Waals surface area contributed by atoms with Gasteiger partial charge in [0.15, 0.2) is 0 Å². The lowest BCUT2D eigenvalue weighted by Crippen LogP contribution is -2.14. The highest BCUT2D eigenvalue weighted by Gasteiger charge is 2.11. The minimum atomic E-state index is -0.329. The first kappa shape index (κ1) is 13.9. The van der Waals surface area contributed by atoms with Crippen LogP contribution in [0.1, 0.15) is 24.6 Å². The number of hydrogen-bond acceptors (Lipinski definition) is 3. The Labute approximate surface area is 117 Å². The molecule has 0 aliphatic carbocycles. The summed E-state index contributed by atoms with van der Waals surface area (Å²) in [5.74, 6) is 0.742. The first-order valence-corrected chi connectivity index (χ1v) is 6.50. The number of hydrogen-bond donors (Lipinski definition) is 1. The second kappa shape index (κ2) is 6.07. The number of aromatic nitrogens is 1. The molecule has 1 aromatic heterocycles. The minimum Gasteiger partial charge on any atom is -0.497 e. The molecule has 2 rings (SSSR count). The Hall–Kier alpha value is -2.54. The van der Waals surface area contributed by atoms with Crippen molar-refractivity contribution < 1.29 is 4.74 Å². The second-order valence-corrected chi connectivity index (χ2v) is 4.50. The Kier molecular flexibility index (Phi) is 4.21. The molecule has 1 aromatic carbocycles. The average molecular weight is 268 g/mol. The molecule has 1 heterocycles. The first-order valence-electron chi connectivity index (χ1n) is 6.50. The van der Waals surface area contributed by atoms with Gasteiger partial charge in [0.25, 0.3) is 5.56 Å². The van der Waals surface area contributed by atoms with Gasteiger partial charge in [0.05, 0.1) is 7.11 Å². The van der Waals surface area contributed by atoms with Gasteiger partial charge in [-0.05, 0) is 30.2 Å². The zero-order chi connectivity index (χ0) is 14.5. The average Bonchev–Trinajstić information content (AvgIpc) is 2.47. The van der Waals surface area contributed by atoms with Crippen molar-refractivity contribution in [1.29, 1.82) is 5.26 Å². The van der Waals surface area contributed by atoms with Crippen molar-refractivity contribution in [3.63, 3.8) is 0 Å². The predicted octanol–water partition coefficient (Wildman–Crippen LogP) is 2.87. The quantitative estimate of drug-likeness (QED) is 0.927. The summed E-state index contributed by atoms with van der Waals surface area (Å²) in [6.45, 7) is 2.05. The summed E-state index contributed by atoms with van der Waals surface area (Å²) < 4.78 is 5.11. The first-order chi connectivity index (χ1) is 9.69. The Morgan fingerprint density at radius 3 is 2.55 bits per heavy atom. The summed E-state index contributed by atoms with van der Waals surface area (Å²) >= 11 is 0. The molecule has 102 valence electrons. The number of rotatable bonds is 4. The van der Waals surface area contributed by atoms with E-state index in [1.54, 1.807) is 7.11 Å². The van der Waals surface area contributed by atoms with Gasteiger partial charge < -0.3 is 9.72 Å². The molecule has 0 atom stereocenters. The molecule has 0 aliphatic rings. The fourth-order valence-corrected chi connectivity index (χ4v) is 2.13. The third-order valence-electron chi connectivity index (χ3n) is 3.12. The molecule has 20 heavy (non-hydrogen) atoms. The summed E-state index contributed by atoms with van der Waals surface area (Å²) in [7, 11) is 1.60. The molecule has 0 amide bonds. The van der Waals surface area contributed by atoms with E-state index in [1.165, 1.54) is 0 Å². The number of nitrogens with one attached hydrogen (secondary N) is 1. The van der Waals surface area contributed by atoms with Gasteiger partial charge in [0.2, 0.25) is 0 Å². The van der Waals surface area contributed by atoms with Crippen LogP contribution in [0.25, 0.3) is 11.1 Å². The number of pyridine rings is 1. The molecule has 0 saturated carbocycles. The molecule has 4 heteroatoms. The number of aromatic amines is 1. The van der Waals surface area contributed by atoms with Crippen molar-refractivity contribution >= 4 is 0 Å². The molecular formula is C16H16N2O2. The van der Waals surface area contributed by atoms with Gasteiger partial charge in [-0.25, -0.2) is 0 Å². The van der Waals surface area contributed by atoms with E-state index >= 15 is 0 Å². The van der Waals surface area contributed by atoms with E-state index in [1.807, 2.05) is 43.3 Å². The van der Waals surface area contributed by atoms with Gasteiger partial charge in [-0.15, -0.1) is 0 Å². The third-order valence-corrected chi connectivity index (χ3v) is 3.12. The van der Waals surface area contributed by atoms with Crippen LogP contribution in [-0.2, 0) is 6.42 Å². The van der Waals surface area contributed by atoms with E-state index < -0.39 is 0 Å². The summed E-state index contributed by atoms with van der Waals surface area (Å²) in [6.07, 6.45) is 1.72. The SMILES string of the molecule is CCCc1cc(-c2ccc(OC)cc2)c(C#N)c(=O)[nH]1. The largest absolute Gasteiger partial charge is 0.497 e. The Morgan fingerprint density at radius 1 is 1.30 bits per heavy atom. The molecule has 4 nitrogen and oxygen atoms in total. The van der Waals surface area contributed by atoms with Crippen molar-refractivity contribution in [2.45, 2.75) is 19.8 Å². The maximum atomic E-state index is 12.0. The maximum Gasteiger partial charge on any atom is 0.266 e. The highest BCUT2D eigenvalue weighted by Crippen LogP contribution is 2.24. The van der Waals surface area contributed by atoms with Crippen LogP contribution in [0.2, 0.25) is 0 Å². The zero-order valence-electron chi connectivity index (χ0n) is 11.6. The smallest absolute Gasteiger partial charge is 0.266 e. The van der Waals surface area contributed by atoms with E-state index in [-0.39, 0.29) is 11.1 Å². The standard InChI is InChI=1S/C16H16N2O2/c1-3-4-12-9-14(15(10-17)16(19)18-12)11-5-7-13(20-2)8-6-11/h5-9H,3-4H2,1-2H3,(H,18,19). The predicted molar refractivity (Wildman–Crippen MR) is 77.8 cm³/mol. The summed E-state index contributed by atoms with van der Waals surface area (Å²) in [6, 6.07) is 11.2. The van der Waals surface area contributed by atoms with Gasteiger partial charge in [0.1, 0.15) is 17.4 Å². The third kappa shape index (κ3) is 2.72. The molecule has 0 saturated heterocycles. The van der Waals surface area contributed by atoms with Crippen LogP contribution in [0.5, 0.6) is 5.75 Å². The maximum absolute atomic E-state index is 12.0. The summed E-state index contributed by atoms with van der Waals surface area (Å²) in [4.78, 5) is 14.7. The van der Waals surface area contributed by atoms with Crippen LogP contribution >= 0.6 is 0 Å². The lowest BCUT2D eigenvalue weighted by Gasteiger charge is -2.08. The van der Waals surface area contributed by atoms with E-state index in [0.29, 0.717) is 5.56 Å². The normalized spacial score (nSPS) is 10.1. The van der Waals surface area contributed by atoms with E-state index in [9.17, 15) is 10.1 Å². The van der Waals surface area contributed by atoms with Crippen LogP contribution in [0.4, 0.5) is 0 Å². The highest BCUT2D eigenvalue weighted by molar-refractivity contribution is 5.70. The molecule has 0 radical (unpaired) electrons. The van der Waals surface area contributed by atoms with E-state index in [2.05, 4.69) is 4.98 Å². The second-order valence-electron chi connectivity index (χ2n) is 4.50. The van der Waals surface area contributed by atoms with Gasteiger partial charge in [-0.3, -0.25) is 4.79 Å². The molecule has 2 aromatic rings. The van der Waals surface area contributed by atoms with Gasteiger partial charge in [0, 0.05) is 11.3 Å². The van der Waals surface area contributed by atoms with Gasteiger partial charge in [-0.1, -0.05) is 25.5 Å². The van der Waals surface area contributed by atoms with Crippen molar-refractivity contribution in [2.24, 2.45) is 0 Å². The molecule has 0 spiro atoms. The molecule has 0 bridgehead atoms. The number of ether oxygens (including phenoxy) is 1. The fraction of sp³-hybridized carbons (Fsp3) is 0.250. The highest BCUT2D eigenvalue weighted by atomic mass is 16.5.